The predicted molar refractivity (Wildman–Crippen MR) is 71.1 cm³/mol. The van der Waals surface area contributed by atoms with Crippen molar-refractivity contribution in [3.05, 3.63) is 5.89 Å². The van der Waals surface area contributed by atoms with Gasteiger partial charge < -0.3 is 9.73 Å². The van der Waals surface area contributed by atoms with E-state index in [1.54, 1.807) is 0 Å². The Hall–Kier alpha value is -1.15. The highest BCUT2D eigenvalue weighted by Crippen LogP contribution is 2.24. The van der Waals surface area contributed by atoms with Crippen LogP contribution in [0.25, 0.3) is 0 Å². The average Bonchev–Trinajstić information content (AvgIpc) is 2.80. The molecule has 0 saturated carbocycles. The van der Waals surface area contributed by atoms with Gasteiger partial charge in [-0.3, -0.25) is 0 Å². The third-order valence-corrected chi connectivity index (χ3v) is 4.40. The molecular weight excluding hydrogens is 268 g/mol. The Morgan fingerprint density at radius 2 is 2.16 bits per heavy atom. The Morgan fingerprint density at radius 3 is 2.74 bits per heavy atom. The van der Waals surface area contributed by atoms with E-state index in [9.17, 15) is 8.42 Å². The number of anilines is 1. The van der Waals surface area contributed by atoms with E-state index < -0.39 is 10.0 Å². The number of nitrogens with zero attached hydrogens (tertiary/aromatic N) is 2. The molecule has 1 fully saturated rings. The van der Waals surface area contributed by atoms with Crippen molar-refractivity contribution in [2.75, 3.05) is 17.0 Å². The Labute approximate surface area is 113 Å². The zero-order valence-electron chi connectivity index (χ0n) is 11.4. The first-order chi connectivity index (χ1) is 8.75. The summed E-state index contributed by atoms with van der Waals surface area (Å²) >= 11 is 0. The smallest absolute Gasteiger partial charge is 0.329 e. The molecule has 108 valence electrons. The summed E-state index contributed by atoms with van der Waals surface area (Å²) in [5, 5.41) is 10.8. The minimum atomic E-state index is -3.47. The average molecular weight is 288 g/mol. The van der Waals surface area contributed by atoms with Gasteiger partial charge in [-0.2, -0.15) is 0 Å². The molecule has 1 aromatic rings. The Kier molecular flexibility index (Phi) is 3.82. The lowest BCUT2D eigenvalue weighted by atomic mass is 10.0. The van der Waals surface area contributed by atoms with E-state index >= 15 is 0 Å². The van der Waals surface area contributed by atoms with E-state index in [4.69, 9.17) is 4.42 Å². The molecule has 7 nitrogen and oxygen atoms in total. The predicted octanol–water partition coefficient (Wildman–Crippen LogP) is 1.28. The normalized spacial score (nSPS) is 20.7. The van der Waals surface area contributed by atoms with Crippen molar-refractivity contribution in [2.24, 2.45) is 5.41 Å². The molecule has 0 aromatic carbocycles. The van der Waals surface area contributed by atoms with Crippen molar-refractivity contribution in [3.8, 4) is 0 Å². The maximum absolute atomic E-state index is 11.9. The summed E-state index contributed by atoms with van der Waals surface area (Å²) in [6.07, 6.45) is 1.98. The van der Waals surface area contributed by atoms with Gasteiger partial charge in [0.05, 0.1) is 11.8 Å². The van der Waals surface area contributed by atoms with Crippen molar-refractivity contribution in [1.29, 1.82) is 0 Å². The maximum Gasteiger partial charge on any atom is 0.329 e. The van der Waals surface area contributed by atoms with Crippen LogP contribution in [0.4, 0.5) is 6.01 Å². The molecule has 0 amide bonds. The molecule has 19 heavy (non-hydrogen) atoms. The fourth-order valence-electron chi connectivity index (χ4n) is 2.05. The number of nitrogens with one attached hydrogen (secondary N) is 2. The third kappa shape index (κ3) is 4.17. The van der Waals surface area contributed by atoms with Crippen molar-refractivity contribution in [2.45, 2.75) is 39.7 Å². The molecule has 1 unspecified atom stereocenters. The summed E-state index contributed by atoms with van der Waals surface area (Å²) in [7, 11) is -3.47. The largest absolute Gasteiger partial charge is 0.406 e. The highest BCUT2D eigenvalue weighted by molar-refractivity contribution is 7.92. The van der Waals surface area contributed by atoms with Gasteiger partial charge in [0.15, 0.2) is 0 Å². The first kappa shape index (κ1) is 14.3. The van der Waals surface area contributed by atoms with E-state index in [1.807, 2.05) is 20.8 Å². The lowest BCUT2D eigenvalue weighted by Crippen LogP contribution is -2.26. The third-order valence-electron chi connectivity index (χ3n) is 2.66. The molecule has 2 rings (SSSR count). The van der Waals surface area contributed by atoms with Crippen LogP contribution in [0.1, 0.15) is 45.5 Å². The van der Waals surface area contributed by atoms with Gasteiger partial charge in [-0.05, 0) is 24.8 Å². The molecule has 0 spiro atoms. The molecule has 1 saturated heterocycles. The summed E-state index contributed by atoms with van der Waals surface area (Å²) in [5.74, 6) is 0.435. The minimum Gasteiger partial charge on any atom is -0.406 e. The minimum absolute atomic E-state index is 0.000603. The van der Waals surface area contributed by atoms with Crippen molar-refractivity contribution >= 4 is 16.0 Å². The van der Waals surface area contributed by atoms with E-state index in [1.165, 1.54) is 0 Å². The molecule has 8 heteroatoms. The Bertz CT molecular complexity index is 526. The Balaban J connectivity index is 2.03. The summed E-state index contributed by atoms with van der Waals surface area (Å²) in [4.78, 5) is 0. The zero-order chi connectivity index (χ0) is 14.1. The molecule has 1 aliphatic rings. The first-order valence-corrected chi connectivity index (χ1v) is 7.98. The topological polar surface area (TPSA) is 97.1 Å². The van der Waals surface area contributed by atoms with Crippen LogP contribution in [0.5, 0.6) is 0 Å². The number of sulfonamides is 1. The molecule has 0 bridgehead atoms. The van der Waals surface area contributed by atoms with Crippen molar-refractivity contribution in [3.63, 3.8) is 0 Å². The number of hydrogen-bond donors (Lipinski definition) is 2. The van der Waals surface area contributed by atoms with Crippen LogP contribution in [-0.4, -0.2) is 30.9 Å². The summed E-state index contributed by atoms with van der Waals surface area (Å²) in [6, 6.07) is -0.0266. The second-order valence-corrected chi connectivity index (χ2v) is 7.74. The second-order valence-electron chi connectivity index (χ2n) is 6.02. The lowest BCUT2D eigenvalue weighted by Gasteiger charge is -2.17. The molecule has 0 radical (unpaired) electrons. The standard InChI is InChI=1S/C11H20N4O3S/c1-11(2,3)7-19(16,17)15-10-14-13-9(18-10)8-5-4-6-12-8/h8,12H,4-7H2,1-3H3,(H,14,15). The van der Waals surface area contributed by atoms with Gasteiger partial charge in [0, 0.05) is 0 Å². The molecule has 1 aliphatic heterocycles. The summed E-state index contributed by atoms with van der Waals surface area (Å²) in [6.45, 7) is 6.48. The van der Waals surface area contributed by atoms with E-state index in [2.05, 4.69) is 20.2 Å². The van der Waals surface area contributed by atoms with Gasteiger partial charge in [0.1, 0.15) is 0 Å². The highest BCUT2D eigenvalue weighted by atomic mass is 32.2. The van der Waals surface area contributed by atoms with Crippen molar-refractivity contribution in [1.82, 2.24) is 15.5 Å². The number of rotatable bonds is 4. The van der Waals surface area contributed by atoms with Crippen LogP contribution in [0.2, 0.25) is 0 Å². The lowest BCUT2D eigenvalue weighted by molar-refractivity contribution is 0.438. The van der Waals surface area contributed by atoms with Crippen LogP contribution in [0.15, 0.2) is 4.42 Å². The van der Waals surface area contributed by atoms with Crippen molar-refractivity contribution < 1.29 is 12.8 Å². The zero-order valence-corrected chi connectivity index (χ0v) is 12.2. The Morgan fingerprint density at radius 1 is 1.42 bits per heavy atom. The fourth-order valence-corrected chi connectivity index (χ4v) is 3.61. The van der Waals surface area contributed by atoms with Gasteiger partial charge in [0.25, 0.3) is 0 Å². The SMILES string of the molecule is CC(C)(C)CS(=O)(=O)Nc1nnc(C2CCCN2)o1. The molecule has 1 aromatic heterocycles. The van der Waals surface area contributed by atoms with Crippen LogP contribution >= 0.6 is 0 Å². The summed E-state index contributed by atoms with van der Waals surface area (Å²) in [5.41, 5.74) is -0.332. The number of aromatic nitrogens is 2. The number of hydrogen-bond acceptors (Lipinski definition) is 6. The maximum atomic E-state index is 11.9. The molecular formula is C11H20N4O3S. The second kappa shape index (κ2) is 5.09. The molecule has 2 heterocycles. The van der Waals surface area contributed by atoms with Crippen LogP contribution in [-0.2, 0) is 10.0 Å². The first-order valence-electron chi connectivity index (χ1n) is 6.32. The van der Waals surface area contributed by atoms with E-state index in [-0.39, 0.29) is 23.2 Å². The quantitative estimate of drug-likeness (QED) is 0.866. The highest BCUT2D eigenvalue weighted by Gasteiger charge is 2.25. The van der Waals surface area contributed by atoms with Crippen LogP contribution in [0, 0.1) is 5.41 Å². The van der Waals surface area contributed by atoms with Gasteiger partial charge >= 0.3 is 6.01 Å². The summed E-state index contributed by atoms with van der Waals surface area (Å²) < 4.78 is 31.4. The van der Waals surface area contributed by atoms with E-state index in [0.717, 1.165) is 19.4 Å². The molecule has 1 atom stereocenters. The fraction of sp³-hybridized carbons (Fsp3) is 0.818. The van der Waals surface area contributed by atoms with Crippen LogP contribution in [0.3, 0.4) is 0 Å². The van der Waals surface area contributed by atoms with Crippen LogP contribution < -0.4 is 10.0 Å². The van der Waals surface area contributed by atoms with Gasteiger partial charge in [-0.15, -0.1) is 5.10 Å². The van der Waals surface area contributed by atoms with Gasteiger partial charge in [-0.1, -0.05) is 25.9 Å². The van der Waals surface area contributed by atoms with E-state index in [0.29, 0.717) is 5.89 Å². The molecule has 0 aliphatic carbocycles. The molecule has 2 N–H and O–H groups in total. The van der Waals surface area contributed by atoms with Gasteiger partial charge in [0.2, 0.25) is 15.9 Å². The monoisotopic (exact) mass is 288 g/mol. The van der Waals surface area contributed by atoms with Gasteiger partial charge in [-0.25, -0.2) is 13.1 Å².